The Morgan fingerprint density at radius 2 is 1.89 bits per heavy atom. The lowest BCUT2D eigenvalue weighted by molar-refractivity contribution is 0.0000725. The maximum absolute atomic E-state index is 10.9. The van der Waals surface area contributed by atoms with Gasteiger partial charge >= 0.3 is 0 Å². The Morgan fingerprint density at radius 1 is 1.11 bits per heavy atom. The van der Waals surface area contributed by atoms with Crippen molar-refractivity contribution in [2.75, 3.05) is 0 Å². The summed E-state index contributed by atoms with van der Waals surface area (Å²) in [4.78, 5) is 0. The predicted molar refractivity (Wildman–Crippen MR) is 74.5 cm³/mol. The largest absolute Gasteiger partial charge is 0.390 e. The smallest absolute Gasteiger partial charge is 0.0682 e. The molecule has 2 aliphatic rings. The second kappa shape index (κ2) is 4.70. The minimum absolute atomic E-state index is 0.370. The summed E-state index contributed by atoms with van der Waals surface area (Å²) in [6.07, 6.45) is 6.93. The highest BCUT2D eigenvalue weighted by atomic mass is 16.3. The molecule has 2 fully saturated rings. The van der Waals surface area contributed by atoms with Gasteiger partial charge in [-0.25, -0.2) is 0 Å². The molecule has 0 bridgehead atoms. The third-order valence-corrected chi connectivity index (χ3v) is 5.09. The van der Waals surface area contributed by atoms with Gasteiger partial charge in [0.15, 0.2) is 0 Å². The standard InChI is InChI=1S/C17H24O/c1-13-6-5-10-17(18,11-9-13)16-12-15(16)14-7-3-2-4-8-14/h2-4,7-8,13,15-16,18H,5-6,9-12H2,1H3. The first-order chi connectivity index (χ1) is 8.69. The zero-order chi connectivity index (χ0) is 12.6. The maximum Gasteiger partial charge on any atom is 0.0682 e. The van der Waals surface area contributed by atoms with E-state index in [4.69, 9.17) is 0 Å². The van der Waals surface area contributed by atoms with Crippen LogP contribution >= 0.6 is 0 Å². The number of hydrogen-bond donors (Lipinski definition) is 1. The van der Waals surface area contributed by atoms with Crippen LogP contribution in [-0.4, -0.2) is 10.7 Å². The fourth-order valence-corrected chi connectivity index (χ4v) is 3.75. The van der Waals surface area contributed by atoms with Crippen LogP contribution in [0.1, 0.15) is 56.9 Å². The van der Waals surface area contributed by atoms with Crippen LogP contribution in [0.25, 0.3) is 0 Å². The summed E-state index contributed by atoms with van der Waals surface area (Å²) < 4.78 is 0. The molecule has 0 heterocycles. The molecular weight excluding hydrogens is 220 g/mol. The zero-order valence-electron chi connectivity index (χ0n) is 11.3. The highest BCUT2D eigenvalue weighted by Gasteiger charge is 2.52. The van der Waals surface area contributed by atoms with E-state index in [-0.39, 0.29) is 5.60 Å². The summed E-state index contributed by atoms with van der Waals surface area (Å²) in [7, 11) is 0. The van der Waals surface area contributed by atoms with Gasteiger partial charge in [-0.1, -0.05) is 50.1 Å². The summed E-state index contributed by atoms with van der Waals surface area (Å²) >= 11 is 0. The summed E-state index contributed by atoms with van der Waals surface area (Å²) in [5.41, 5.74) is 1.05. The Labute approximate surface area is 110 Å². The number of hydrogen-bond acceptors (Lipinski definition) is 1. The average molecular weight is 244 g/mol. The first kappa shape index (κ1) is 12.2. The lowest BCUT2D eigenvalue weighted by Crippen LogP contribution is -2.31. The number of aliphatic hydroxyl groups is 1. The first-order valence-corrected chi connectivity index (χ1v) is 7.46. The molecule has 1 N–H and O–H groups in total. The second-order valence-corrected chi connectivity index (χ2v) is 6.50. The van der Waals surface area contributed by atoms with E-state index in [1.807, 2.05) is 0 Å². The SMILES string of the molecule is CC1CCCC(O)(C2CC2c2ccccc2)CC1. The molecule has 3 rings (SSSR count). The van der Waals surface area contributed by atoms with E-state index in [1.54, 1.807) is 0 Å². The summed E-state index contributed by atoms with van der Waals surface area (Å²) in [5.74, 6) is 1.93. The summed E-state index contributed by atoms with van der Waals surface area (Å²) in [6, 6.07) is 10.7. The van der Waals surface area contributed by atoms with Crippen molar-refractivity contribution in [3.05, 3.63) is 35.9 Å². The van der Waals surface area contributed by atoms with E-state index in [2.05, 4.69) is 37.3 Å². The molecule has 2 saturated carbocycles. The monoisotopic (exact) mass is 244 g/mol. The average Bonchev–Trinajstić information content (AvgIpc) is 3.18. The number of rotatable bonds is 2. The van der Waals surface area contributed by atoms with Crippen LogP contribution in [0.3, 0.4) is 0 Å². The van der Waals surface area contributed by atoms with Crippen molar-refractivity contribution in [3.63, 3.8) is 0 Å². The molecule has 1 nitrogen and oxygen atoms in total. The molecular formula is C17H24O. The minimum atomic E-state index is -0.370. The number of benzene rings is 1. The van der Waals surface area contributed by atoms with E-state index in [0.717, 1.165) is 18.8 Å². The van der Waals surface area contributed by atoms with Gasteiger partial charge in [0.25, 0.3) is 0 Å². The van der Waals surface area contributed by atoms with Gasteiger partial charge in [0.2, 0.25) is 0 Å². The lowest BCUT2D eigenvalue weighted by Gasteiger charge is -2.27. The van der Waals surface area contributed by atoms with Crippen molar-refractivity contribution in [1.29, 1.82) is 0 Å². The topological polar surface area (TPSA) is 20.2 Å². The molecule has 0 spiro atoms. The van der Waals surface area contributed by atoms with Crippen LogP contribution in [0.5, 0.6) is 0 Å². The third-order valence-electron chi connectivity index (χ3n) is 5.09. The van der Waals surface area contributed by atoms with Crippen LogP contribution in [0, 0.1) is 11.8 Å². The van der Waals surface area contributed by atoms with E-state index in [0.29, 0.717) is 11.8 Å². The van der Waals surface area contributed by atoms with Gasteiger partial charge in [-0.05, 0) is 49.0 Å². The summed E-state index contributed by atoms with van der Waals surface area (Å²) in [6.45, 7) is 2.33. The second-order valence-electron chi connectivity index (χ2n) is 6.50. The first-order valence-electron chi connectivity index (χ1n) is 7.46. The Kier molecular flexibility index (Phi) is 3.19. The van der Waals surface area contributed by atoms with Crippen LogP contribution < -0.4 is 0 Å². The molecule has 0 saturated heterocycles. The van der Waals surface area contributed by atoms with E-state index in [9.17, 15) is 5.11 Å². The van der Waals surface area contributed by atoms with Crippen molar-refractivity contribution >= 4 is 0 Å². The van der Waals surface area contributed by atoms with Crippen LogP contribution in [0.4, 0.5) is 0 Å². The van der Waals surface area contributed by atoms with Crippen LogP contribution in [0.2, 0.25) is 0 Å². The van der Waals surface area contributed by atoms with Gasteiger partial charge in [0.05, 0.1) is 5.60 Å². The van der Waals surface area contributed by atoms with Crippen molar-refractivity contribution in [2.45, 2.75) is 57.0 Å². The Hall–Kier alpha value is -0.820. The molecule has 4 atom stereocenters. The van der Waals surface area contributed by atoms with Crippen LogP contribution in [0.15, 0.2) is 30.3 Å². The Balaban J connectivity index is 1.69. The predicted octanol–water partition coefficient (Wildman–Crippen LogP) is 4.12. The van der Waals surface area contributed by atoms with E-state index < -0.39 is 0 Å². The van der Waals surface area contributed by atoms with Gasteiger partial charge in [0.1, 0.15) is 0 Å². The molecule has 1 aromatic rings. The van der Waals surface area contributed by atoms with Crippen molar-refractivity contribution in [3.8, 4) is 0 Å². The molecule has 1 heteroatoms. The molecule has 98 valence electrons. The van der Waals surface area contributed by atoms with Crippen molar-refractivity contribution in [2.24, 2.45) is 11.8 Å². The summed E-state index contributed by atoms with van der Waals surface area (Å²) in [5, 5.41) is 10.9. The van der Waals surface area contributed by atoms with Gasteiger partial charge in [-0.2, -0.15) is 0 Å². The third kappa shape index (κ3) is 2.33. The van der Waals surface area contributed by atoms with Gasteiger partial charge in [0, 0.05) is 0 Å². The van der Waals surface area contributed by atoms with Crippen molar-refractivity contribution < 1.29 is 5.11 Å². The van der Waals surface area contributed by atoms with Gasteiger partial charge in [-0.15, -0.1) is 0 Å². The highest BCUT2D eigenvalue weighted by Crippen LogP contribution is 2.56. The minimum Gasteiger partial charge on any atom is -0.390 e. The molecule has 2 aliphatic carbocycles. The van der Waals surface area contributed by atoms with E-state index >= 15 is 0 Å². The lowest BCUT2D eigenvalue weighted by atomic mass is 9.86. The normalized spacial score (nSPS) is 40.2. The van der Waals surface area contributed by atoms with Crippen LogP contribution in [-0.2, 0) is 0 Å². The maximum atomic E-state index is 10.9. The highest BCUT2D eigenvalue weighted by molar-refractivity contribution is 5.27. The molecule has 4 unspecified atom stereocenters. The quantitative estimate of drug-likeness (QED) is 0.776. The van der Waals surface area contributed by atoms with Crippen molar-refractivity contribution in [1.82, 2.24) is 0 Å². The molecule has 1 aromatic carbocycles. The molecule has 0 radical (unpaired) electrons. The van der Waals surface area contributed by atoms with Gasteiger partial charge < -0.3 is 5.11 Å². The molecule has 0 aromatic heterocycles. The molecule has 0 aliphatic heterocycles. The molecule has 18 heavy (non-hydrogen) atoms. The Morgan fingerprint density at radius 3 is 2.67 bits per heavy atom. The van der Waals surface area contributed by atoms with E-state index in [1.165, 1.54) is 31.2 Å². The Bertz CT molecular complexity index is 399. The fourth-order valence-electron chi connectivity index (χ4n) is 3.75. The molecule has 0 amide bonds. The fraction of sp³-hybridized carbons (Fsp3) is 0.647. The van der Waals surface area contributed by atoms with Gasteiger partial charge in [-0.3, -0.25) is 0 Å². The zero-order valence-corrected chi connectivity index (χ0v) is 11.3.